The van der Waals surface area contributed by atoms with Crippen LogP contribution in [-0.2, 0) is 6.54 Å². The molecule has 3 aromatic rings. The highest BCUT2D eigenvalue weighted by molar-refractivity contribution is 5.95. The summed E-state index contributed by atoms with van der Waals surface area (Å²) in [6, 6.07) is 14.6. The van der Waals surface area contributed by atoms with Crippen LogP contribution in [0.15, 0.2) is 53.1 Å². The lowest BCUT2D eigenvalue weighted by Gasteiger charge is -2.34. The topological polar surface area (TPSA) is 97.7 Å². The summed E-state index contributed by atoms with van der Waals surface area (Å²) < 4.78 is 10.6. The Bertz CT molecular complexity index is 989. The first-order chi connectivity index (χ1) is 14.1. The molecule has 0 radical (unpaired) electrons. The molecule has 1 aliphatic heterocycles. The van der Waals surface area contributed by atoms with Crippen molar-refractivity contribution in [2.75, 3.05) is 39.0 Å². The van der Waals surface area contributed by atoms with Gasteiger partial charge in [0.05, 0.1) is 13.7 Å². The number of halogens is 2. The Balaban J connectivity index is 0.00000171. The van der Waals surface area contributed by atoms with Crippen LogP contribution in [0.5, 0.6) is 5.75 Å². The fourth-order valence-electron chi connectivity index (χ4n) is 3.33. The first kappa shape index (κ1) is 24.5. The van der Waals surface area contributed by atoms with Crippen molar-refractivity contribution in [2.24, 2.45) is 0 Å². The van der Waals surface area contributed by atoms with E-state index in [0.717, 1.165) is 24.4 Å². The number of aromatic nitrogens is 2. The number of carbonyl (C=O) groups excluding carboxylic acids is 1. The second-order valence-electron chi connectivity index (χ2n) is 6.93. The third-order valence-corrected chi connectivity index (χ3v) is 4.97. The van der Waals surface area contributed by atoms with Crippen LogP contribution in [0.4, 0.5) is 5.69 Å². The van der Waals surface area contributed by atoms with Gasteiger partial charge in [-0.25, -0.2) is 0 Å². The number of methoxy groups -OCH3 is 1. The Hall–Kier alpha value is -2.81. The number of anilines is 1. The van der Waals surface area contributed by atoms with Crippen molar-refractivity contribution in [2.45, 2.75) is 6.54 Å². The molecule has 0 aliphatic carbocycles. The van der Waals surface area contributed by atoms with E-state index in [0.29, 0.717) is 42.6 Å². The molecule has 1 amide bonds. The zero-order valence-electron chi connectivity index (χ0n) is 17.1. The number of nitrogens with zero attached hydrogens (tertiary/aromatic N) is 4. The maximum absolute atomic E-state index is 12.6. The van der Waals surface area contributed by atoms with E-state index in [1.807, 2.05) is 29.2 Å². The van der Waals surface area contributed by atoms with Crippen LogP contribution in [0, 0.1) is 0 Å². The average Bonchev–Trinajstić information content (AvgIpc) is 3.22. The second kappa shape index (κ2) is 11.0. The maximum atomic E-state index is 12.6. The number of carbonyl (C=O) groups is 1. The molecule has 1 fully saturated rings. The molecule has 10 heteroatoms. The van der Waals surface area contributed by atoms with E-state index < -0.39 is 0 Å². The van der Waals surface area contributed by atoms with Gasteiger partial charge in [-0.05, 0) is 42.5 Å². The predicted octanol–water partition coefficient (Wildman–Crippen LogP) is 3.13. The monoisotopic (exact) mass is 465 g/mol. The summed E-state index contributed by atoms with van der Waals surface area (Å²) in [5, 5.41) is 4.07. The lowest BCUT2D eigenvalue weighted by Crippen LogP contribution is -2.48. The molecule has 0 spiro atoms. The number of rotatable bonds is 5. The van der Waals surface area contributed by atoms with Crippen LogP contribution < -0.4 is 10.5 Å². The van der Waals surface area contributed by atoms with Crippen molar-refractivity contribution in [1.29, 1.82) is 0 Å². The molecule has 1 saturated heterocycles. The predicted molar refractivity (Wildman–Crippen MR) is 123 cm³/mol. The van der Waals surface area contributed by atoms with Crippen molar-refractivity contribution in [3.05, 3.63) is 60.0 Å². The first-order valence-corrected chi connectivity index (χ1v) is 9.46. The quantitative estimate of drug-likeness (QED) is 0.577. The molecule has 2 N–H and O–H groups in total. The van der Waals surface area contributed by atoms with E-state index in [1.54, 1.807) is 31.4 Å². The smallest absolute Gasteiger partial charge is 0.254 e. The zero-order chi connectivity index (χ0) is 20.2. The largest absolute Gasteiger partial charge is 0.497 e. The van der Waals surface area contributed by atoms with Gasteiger partial charge in [0, 0.05) is 43.0 Å². The average molecular weight is 466 g/mol. The minimum absolute atomic E-state index is 0. The molecule has 0 unspecified atom stereocenters. The highest BCUT2D eigenvalue weighted by Crippen LogP contribution is 2.20. The Morgan fingerprint density at radius 3 is 2.45 bits per heavy atom. The molecule has 1 aromatic heterocycles. The molecule has 2 heterocycles. The second-order valence-corrected chi connectivity index (χ2v) is 6.93. The fourth-order valence-corrected chi connectivity index (χ4v) is 3.33. The van der Waals surface area contributed by atoms with E-state index in [2.05, 4.69) is 15.0 Å². The standard InChI is InChI=1S/C21H23N5O3.2ClH/c1-28-18-7-5-15(6-8-18)20-23-19(29-24-20)14-25-9-11-26(12-10-25)21(27)16-3-2-4-17(22)13-16;;/h2-8,13H,9-12,14,22H2,1H3;2*1H. The Morgan fingerprint density at radius 1 is 1.10 bits per heavy atom. The van der Waals surface area contributed by atoms with Gasteiger partial charge in [0.2, 0.25) is 11.7 Å². The normalized spacial score (nSPS) is 13.8. The van der Waals surface area contributed by atoms with E-state index >= 15 is 0 Å². The third-order valence-electron chi connectivity index (χ3n) is 4.97. The number of piperazine rings is 1. The fraction of sp³-hybridized carbons (Fsp3) is 0.286. The van der Waals surface area contributed by atoms with Gasteiger partial charge < -0.3 is 19.9 Å². The molecular weight excluding hydrogens is 441 g/mol. The van der Waals surface area contributed by atoms with Gasteiger partial charge in [-0.1, -0.05) is 11.2 Å². The van der Waals surface area contributed by atoms with Crippen molar-refractivity contribution < 1.29 is 14.1 Å². The minimum atomic E-state index is 0. The van der Waals surface area contributed by atoms with Gasteiger partial charge in [0.1, 0.15) is 5.75 Å². The van der Waals surface area contributed by atoms with Crippen molar-refractivity contribution in [1.82, 2.24) is 19.9 Å². The number of benzene rings is 2. The molecule has 166 valence electrons. The molecule has 1 aliphatic rings. The number of ether oxygens (including phenoxy) is 1. The Labute approximate surface area is 193 Å². The van der Waals surface area contributed by atoms with Crippen LogP contribution >= 0.6 is 24.8 Å². The molecule has 0 saturated carbocycles. The summed E-state index contributed by atoms with van der Waals surface area (Å²) in [5.41, 5.74) is 7.88. The third kappa shape index (κ3) is 5.88. The summed E-state index contributed by atoms with van der Waals surface area (Å²) in [6.45, 7) is 3.34. The van der Waals surface area contributed by atoms with E-state index in [4.69, 9.17) is 15.0 Å². The molecular formula is C21H25Cl2N5O3. The van der Waals surface area contributed by atoms with Crippen molar-refractivity contribution in [3.63, 3.8) is 0 Å². The molecule has 4 rings (SSSR count). The zero-order valence-corrected chi connectivity index (χ0v) is 18.7. The Kier molecular flexibility index (Phi) is 8.67. The van der Waals surface area contributed by atoms with Gasteiger partial charge in [-0.2, -0.15) is 4.98 Å². The highest BCUT2D eigenvalue weighted by Gasteiger charge is 2.23. The van der Waals surface area contributed by atoms with E-state index in [1.165, 1.54) is 0 Å². The summed E-state index contributed by atoms with van der Waals surface area (Å²) in [5.74, 6) is 1.91. The summed E-state index contributed by atoms with van der Waals surface area (Å²) >= 11 is 0. The van der Waals surface area contributed by atoms with E-state index in [-0.39, 0.29) is 30.7 Å². The molecule has 0 atom stereocenters. The van der Waals surface area contributed by atoms with Gasteiger partial charge in [-0.15, -0.1) is 24.8 Å². The van der Waals surface area contributed by atoms with Crippen molar-refractivity contribution in [3.8, 4) is 17.1 Å². The number of amides is 1. The van der Waals surface area contributed by atoms with E-state index in [9.17, 15) is 4.79 Å². The number of nitrogen functional groups attached to an aromatic ring is 1. The van der Waals surface area contributed by atoms with Gasteiger partial charge >= 0.3 is 0 Å². The molecule has 8 nitrogen and oxygen atoms in total. The van der Waals surface area contributed by atoms with Crippen molar-refractivity contribution >= 4 is 36.4 Å². The number of nitrogens with two attached hydrogens (primary N) is 1. The van der Waals surface area contributed by atoms with Crippen LogP contribution in [-0.4, -0.2) is 59.1 Å². The summed E-state index contributed by atoms with van der Waals surface area (Å²) in [4.78, 5) is 21.2. The number of hydrogen-bond acceptors (Lipinski definition) is 7. The lowest BCUT2D eigenvalue weighted by atomic mass is 10.1. The van der Waals surface area contributed by atoms with Crippen LogP contribution in [0.2, 0.25) is 0 Å². The Morgan fingerprint density at radius 2 is 1.81 bits per heavy atom. The van der Waals surface area contributed by atoms with Gasteiger partial charge in [0.15, 0.2) is 0 Å². The molecule has 0 bridgehead atoms. The molecule has 2 aromatic carbocycles. The van der Waals surface area contributed by atoms with Crippen LogP contribution in [0.1, 0.15) is 16.2 Å². The van der Waals surface area contributed by atoms with Crippen LogP contribution in [0.3, 0.4) is 0 Å². The lowest BCUT2D eigenvalue weighted by molar-refractivity contribution is 0.0615. The van der Waals surface area contributed by atoms with Gasteiger partial charge in [-0.3, -0.25) is 9.69 Å². The maximum Gasteiger partial charge on any atom is 0.254 e. The summed E-state index contributed by atoms with van der Waals surface area (Å²) in [7, 11) is 1.63. The first-order valence-electron chi connectivity index (χ1n) is 9.46. The van der Waals surface area contributed by atoms with Crippen LogP contribution in [0.25, 0.3) is 11.4 Å². The van der Waals surface area contributed by atoms with Gasteiger partial charge in [0.25, 0.3) is 5.91 Å². The summed E-state index contributed by atoms with van der Waals surface area (Å²) in [6.07, 6.45) is 0. The number of hydrogen-bond donors (Lipinski definition) is 1. The minimum Gasteiger partial charge on any atom is -0.497 e. The highest BCUT2D eigenvalue weighted by atomic mass is 35.5. The SMILES string of the molecule is COc1ccc(-c2noc(CN3CCN(C(=O)c4cccc(N)c4)CC3)n2)cc1.Cl.Cl. The molecule has 31 heavy (non-hydrogen) atoms.